The van der Waals surface area contributed by atoms with Crippen molar-refractivity contribution in [3.05, 3.63) is 95.9 Å². The zero-order valence-corrected chi connectivity index (χ0v) is 25.1. The third-order valence-electron chi connectivity index (χ3n) is 7.72. The van der Waals surface area contributed by atoms with Crippen LogP contribution in [-0.4, -0.2) is 78.3 Å². The fraction of sp³-hybridized carbons (Fsp3) is 0.294. The second-order valence-corrected chi connectivity index (χ2v) is 10.9. The van der Waals surface area contributed by atoms with Gasteiger partial charge in [0.05, 0.1) is 12.0 Å². The van der Waals surface area contributed by atoms with Crippen molar-refractivity contribution >= 4 is 22.7 Å². The van der Waals surface area contributed by atoms with E-state index in [0.29, 0.717) is 53.0 Å². The lowest BCUT2D eigenvalue weighted by molar-refractivity contribution is 0.144. The fourth-order valence-corrected chi connectivity index (χ4v) is 5.23. The van der Waals surface area contributed by atoms with Gasteiger partial charge < -0.3 is 29.4 Å². The van der Waals surface area contributed by atoms with Crippen LogP contribution in [-0.2, 0) is 17.9 Å². The number of methoxy groups -OCH3 is 1. The molecule has 1 fully saturated rings. The summed E-state index contributed by atoms with van der Waals surface area (Å²) in [5.74, 6) is 0.735. The number of rotatable bonds is 12. The molecule has 5 aromatic rings. The van der Waals surface area contributed by atoms with E-state index >= 15 is 4.39 Å². The van der Waals surface area contributed by atoms with Crippen LogP contribution in [0.5, 0.6) is 11.6 Å². The standard InChI is InChI=1S/C34H37FN6O3/c1-40-14-16-41(17-15-40)22-24-8-10-26(11-9-24)37-34-38-32-31(33(39-34)43-19-18-42-2)29(21-36-32)28-13-12-27(20-30(28)35)44-23-25-6-4-3-5-7-25/h3-13,20-21H,14-19,22-23H2,1-2H3,(H2,36,37,38,39). The number of likely N-dealkylation sites (N-methyl/N-ethyl adjacent to an activating group) is 1. The first kappa shape index (κ1) is 29.6. The topological polar surface area (TPSA) is 87.8 Å². The highest BCUT2D eigenvalue weighted by Gasteiger charge is 2.20. The Morgan fingerprint density at radius 1 is 0.864 bits per heavy atom. The minimum absolute atomic E-state index is 0.280. The summed E-state index contributed by atoms with van der Waals surface area (Å²) >= 11 is 0. The van der Waals surface area contributed by atoms with Crippen LogP contribution in [0.3, 0.4) is 0 Å². The molecule has 44 heavy (non-hydrogen) atoms. The molecule has 3 aromatic carbocycles. The van der Waals surface area contributed by atoms with Crippen LogP contribution in [0.15, 0.2) is 79.0 Å². The number of hydrogen-bond donors (Lipinski definition) is 2. The molecule has 0 bridgehead atoms. The van der Waals surface area contributed by atoms with Gasteiger partial charge in [-0.1, -0.05) is 42.5 Å². The molecule has 0 amide bonds. The van der Waals surface area contributed by atoms with Gasteiger partial charge in [-0.15, -0.1) is 0 Å². The molecular formula is C34H37FN6O3. The van der Waals surface area contributed by atoms with Crippen LogP contribution in [0.4, 0.5) is 16.0 Å². The highest BCUT2D eigenvalue weighted by Crippen LogP contribution is 2.37. The predicted molar refractivity (Wildman–Crippen MR) is 170 cm³/mol. The molecule has 6 rings (SSSR count). The molecule has 1 saturated heterocycles. The highest BCUT2D eigenvalue weighted by molar-refractivity contribution is 5.98. The first-order valence-corrected chi connectivity index (χ1v) is 14.8. The van der Waals surface area contributed by atoms with E-state index in [4.69, 9.17) is 14.2 Å². The van der Waals surface area contributed by atoms with Crippen LogP contribution in [0.2, 0.25) is 0 Å². The minimum Gasteiger partial charge on any atom is -0.489 e. The van der Waals surface area contributed by atoms with Crippen LogP contribution in [0.25, 0.3) is 22.2 Å². The average molecular weight is 597 g/mol. The average Bonchev–Trinajstić information content (AvgIpc) is 3.47. The molecule has 0 spiro atoms. The number of benzene rings is 3. The maximum absolute atomic E-state index is 15.5. The molecule has 1 aliphatic heterocycles. The maximum atomic E-state index is 15.5. The Morgan fingerprint density at radius 3 is 2.41 bits per heavy atom. The molecule has 2 aromatic heterocycles. The van der Waals surface area contributed by atoms with E-state index < -0.39 is 5.82 Å². The molecule has 9 nitrogen and oxygen atoms in total. The van der Waals surface area contributed by atoms with E-state index in [9.17, 15) is 0 Å². The number of H-pyrrole nitrogens is 1. The number of ether oxygens (including phenoxy) is 3. The Kier molecular flexibility index (Phi) is 9.31. The number of nitrogens with one attached hydrogen (secondary N) is 2. The number of piperazine rings is 1. The Labute approximate surface area is 256 Å². The van der Waals surface area contributed by atoms with Gasteiger partial charge in [-0.05, 0) is 42.4 Å². The lowest BCUT2D eigenvalue weighted by Crippen LogP contribution is -2.43. The first-order chi connectivity index (χ1) is 21.6. The molecule has 0 aliphatic carbocycles. The van der Waals surface area contributed by atoms with Gasteiger partial charge in [-0.2, -0.15) is 9.97 Å². The predicted octanol–water partition coefficient (Wildman–Crippen LogP) is 5.86. The van der Waals surface area contributed by atoms with Crippen LogP contribution in [0.1, 0.15) is 11.1 Å². The van der Waals surface area contributed by atoms with Gasteiger partial charge in [0.25, 0.3) is 0 Å². The van der Waals surface area contributed by atoms with Gasteiger partial charge in [0, 0.05) is 68.9 Å². The molecule has 10 heteroatoms. The number of halogens is 1. The third-order valence-corrected chi connectivity index (χ3v) is 7.72. The van der Waals surface area contributed by atoms with Crippen LogP contribution >= 0.6 is 0 Å². The van der Waals surface area contributed by atoms with Crippen molar-refractivity contribution in [2.24, 2.45) is 0 Å². The van der Waals surface area contributed by atoms with Gasteiger partial charge >= 0.3 is 0 Å². The summed E-state index contributed by atoms with van der Waals surface area (Å²) in [5, 5.41) is 3.88. The second kappa shape index (κ2) is 13.9. The van der Waals surface area contributed by atoms with Crippen molar-refractivity contribution in [1.29, 1.82) is 0 Å². The summed E-state index contributed by atoms with van der Waals surface area (Å²) in [4.78, 5) is 17.4. The van der Waals surface area contributed by atoms with Crippen molar-refractivity contribution < 1.29 is 18.6 Å². The largest absolute Gasteiger partial charge is 0.489 e. The first-order valence-electron chi connectivity index (χ1n) is 14.8. The second-order valence-electron chi connectivity index (χ2n) is 10.9. The lowest BCUT2D eigenvalue weighted by Gasteiger charge is -2.32. The molecular weight excluding hydrogens is 559 g/mol. The number of nitrogens with zero attached hydrogens (tertiary/aromatic N) is 4. The minimum atomic E-state index is -0.418. The molecule has 2 N–H and O–H groups in total. The highest BCUT2D eigenvalue weighted by atomic mass is 19.1. The lowest BCUT2D eigenvalue weighted by atomic mass is 10.1. The monoisotopic (exact) mass is 596 g/mol. The maximum Gasteiger partial charge on any atom is 0.232 e. The van der Waals surface area contributed by atoms with E-state index in [1.165, 1.54) is 11.6 Å². The third kappa shape index (κ3) is 7.16. The van der Waals surface area contributed by atoms with Gasteiger partial charge in [0.2, 0.25) is 11.8 Å². The van der Waals surface area contributed by atoms with Crippen molar-refractivity contribution in [2.75, 3.05) is 58.9 Å². The summed E-state index contributed by atoms with van der Waals surface area (Å²) < 4.78 is 32.5. The van der Waals surface area contributed by atoms with Crippen LogP contribution in [0, 0.1) is 5.82 Å². The molecule has 3 heterocycles. The van der Waals surface area contributed by atoms with Gasteiger partial charge in [-0.3, -0.25) is 4.90 Å². The number of aromatic nitrogens is 3. The summed E-state index contributed by atoms with van der Waals surface area (Å²) in [6.45, 7) is 6.27. The van der Waals surface area contributed by atoms with E-state index in [0.717, 1.165) is 44.0 Å². The number of hydrogen-bond acceptors (Lipinski definition) is 8. The smallest absolute Gasteiger partial charge is 0.232 e. The van der Waals surface area contributed by atoms with Crippen LogP contribution < -0.4 is 14.8 Å². The van der Waals surface area contributed by atoms with Crippen molar-refractivity contribution in [1.82, 2.24) is 24.8 Å². The zero-order valence-electron chi connectivity index (χ0n) is 25.1. The van der Waals surface area contributed by atoms with Crippen molar-refractivity contribution in [2.45, 2.75) is 13.2 Å². The summed E-state index contributed by atoms with van der Waals surface area (Å²) in [5.41, 5.74) is 4.64. The molecule has 0 saturated carbocycles. The number of aromatic amines is 1. The molecule has 1 aliphatic rings. The fourth-order valence-electron chi connectivity index (χ4n) is 5.23. The SMILES string of the molecule is COCCOc1nc(Nc2ccc(CN3CCN(C)CC3)cc2)nc2[nH]cc(-c3ccc(OCc4ccccc4)cc3F)c12. The Bertz CT molecular complexity index is 1670. The van der Waals surface area contributed by atoms with Crippen molar-refractivity contribution in [3.8, 4) is 22.8 Å². The van der Waals surface area contributed by atoms with E-state index in [1.807, 2.05) is 42.5 Å². The number of anilines is 2. The quantitative estimate of drug-likeness (QED) is 0.173. The number of fused-ring (bicyclic) bond motifs is 1. The van der Waals surface area contributed by atoms with E-state index in [1.54, 1.807) is 25.4 Å². The van der Waals surface area contributed by atoms with Gasteiger partial charge in [0.15, 0.2) is 0 Å². The zero-order chi connectivity index (χ0) is 30.3. The normalized spacial score (nSPS) is 14.2. The van der Waals surface area contributed by atoms with Crippen molar-refractivity contribution in [3.63, 3.8) is 0 Å². The Morgan fingerprint density at radius 2 is 1.66 bits per heavy atom. The van der Waals surface area contributed by atoms with E-state index in [-0.39, 0.29) is 6.61 Å². The molecule has 0 radical (unpaired) electrons. The Hall–Kier alpha value is -4.51. The molecule has 0 unspecified atom stereocenters. The Balaban J connectivity index is 1.21. The van der Waals surface area contributed by atoms with Gasteiger partial charge in [-0.25, -0.2) is 4.39 Å². The summed E-state index contributed by atoms with van der Waals surface area (Å²) in [6.07, 6.45) is 1.72. The molecule has 228 valence electrons. The molecule has 0 atom stereocenters. The summed E-state index contributed by atoms with van der Waals surface area (Å²) in [7, 11) is 3.77. The van der Waals surface area contributed by atoms with E-state index in [2.05, 4.69) is 49.2 Å². The summed E-state index contributed by atoms with van der Waals surface area (Å²) in [6, 6.07) is 22.9. The van der Waals surface area contributed by atoms with Gasteiger partial charge in [0.1, 0.15) is 30.4 Å².